The molecule has 0 aliphatic rings. The summed E-state index contributed by atoms with van der Waals surface area (Å²) in [5.41, 5.74) is 3.85. The van der Waals surface area contributed by atoms with Gasteiger partial charge in [0.15, 0.2) is 11.5 Å². The van der Waals surface area contributed by atoms with Gasteiger partial charge in [0.1, 0.15) is 0 Å². The van der Waals surface area contributed by atoms with Crippen molar-refractivity contribution in [2.24, 2.45) is 5.10 Å². The van der Waals surface area contributed by atoms with Crippen molar-refractivity contribution >= 4 is 35.3 Å². The van der Waals surface area contributed by atoms with Gasteiger partial charge in [-0.3, -0.25) is 4.79 Å². The van der Waals surface area contributed by atoms with Crippen molar-refractivity contribution in [2.45, 2.75) is 6.42 Å². The monoisotopic (exact) mass is 366 g/mol. The zero-order valence-electron chi connectivity index (χ0n) is 13.2. The molecule has 1 N–H and O–H groups in total. The Morgan fingerprint density at radius 3 is 2.62 bits per heavy atom. The molecule has 7 heteroatoms. The molecule has 0 radical (unpaired) electrons. The standard InChI is InChI=1S/C17H16Cl2N2O3/c1-23-14-7-6-11(8-15(14)24-2)9-16(22)21-20-10-12-4-3-5-13(18)17(12)19/h3-8,10H,9H2,1-2H3,(H,21,22)/b20-10-. The number of nitrogens with one attached hydrogen (secondary N) is 1. The summed E-state index contributed by atoms with van der Waals surface area (Å²) in [6, 6.07) is 10.5. The van der Waals surface area contributed by atoms with Gasteiger partial charge in [0, 0.05) is 5.56 Å². The first kappa shape index (κ1) is 18.1. The number of nitrogens with zero attached hydrogens (tertiary/aromatic N) is 1. The van der Waals surface area contributed by atoms with Crippen LogP contribution in [0.5, 0.6) is 11.5 Å². The van der Waals surface area contributed by atoms with Crippen LogP contribution in [0.1, 0.15) is 11.1 Å². The average molecular weight is 367 g/mol. The van der Waals surface area contributed by atoms with Crippen LogP contribution in [-0.2, 0) is 11.2 Å². The third kappa shape index (κ3) is 4.63. The third-order valence-electron chi connectivity index (χ3n) is 3.19. The molecule has 0 saturated carbocycles. The second-order valence-electron chi connectivity index (χ2n) is 4.80. The number of rotatable bonds is 6. The van der Waals surface area contributed by atoms with Crippen LogP contribution in [0.4, 0.5) is 0 Å². The van der Waals surface area contributed by atoms with Crippen LogP contribution in [0.15, 0.2) is 41.5 Å². The quantitative estimate of drug-likeness (QED) is 0.626. The second kappa shape index (κ2) is 8.57. The first-order valence-corrected chi connectivity index (χ1v) is 7.77. The van der Waals surface area contributed by atoms with Crippen LogP contribution in [-0.4, -0.2) is 26.3 Å². The zero-order valence-corrected chi connectivity index (χ0v) is 14.7. The van der Waals surface area contributed by atoms with Gasteiger partial charge in [-0.1, -0.05) is 41.4 Å². The third-order valence-corrected chi connectivity index (χ3v) is 4.02. The number of hydrazone groups is 1. The zero-order chi connectivity index (χ0) is 17.5. The molecule has 2 aromatic carbocycles. The van der Waals surface area contributed by atoms with Crippen molar-refractivity contribution < 1.29 is 14.3 Å². The fraction of sp³-hybridized carbons (Fsp3) is 0.176. The summed E-state index contributed by atoms with van der Waals surface area (Å²) in [5.74, 6) is 0.906. The van der Waals surface area contributed by atoms with Crippen LogP contribution >= 0.6 is 23.2 Å². The Hall–Kier alpha value is -2.24. The minimum Gasteiger partial charge on any atom is -0.493 e. The van der Waals surface area contributed by atoms with Crippen LogP contribution in [0.3, 0.4) is 0 Å². The van der Waals surface area contributed by atoms with Crippen molar-refractivity contribution in [1.29, 1.82) is 0 Å². The second-order valence-corrected chi connectivity index (χ2v) is 5.59. The van der Waals surface area contributed by atoms with E-state index in [4.69, 9.17) is 32.7 Å². The number of carbonyl (C=O) groups excluding carboxylic acids is 1. The first-order valence-electron chi connectivity index (χ1n) is 7.02. The van der Waals surface area contributed by atoms with Gasteiger partial charge in [-0.25, -0.2) is 5.43 Å². The van der Waals surface area contributed by atoms with Gasteiger partial charge in [-0.15, -0.1) is 0 Å². The predicted octanol–water partition coefficient (Wildman–Crippen LogP) is 3.70. The molecule has 1 amide bonds. The van der Waals surface area contributed by atoms with E-state index in [0.29, 0.717) is 27.1 Å². The lowest BCUT2D eigenvalue weighted by molar-refractivity contribution is -0.120. The summed E-state index contributed by atoms with van der Waals surface area (Å²) in [6.45, 7) is 0. The number of benzene rings is 2. The van der Waals surface area contributed by atoms with Crippen LogP contribution < -0.4 is 14.9 Å². The highest BCUT2D eigenvalue weighted by Gasteiger charge is 2.08. The topological polar surface area (TPSA) is 59.9 Å². The fourth-order valence-electron chi connectivity index (χ4n) is 2.01. The fourth-order valence-corrected chi connectivity index (χ4v) is 2.37. The summed E-state index contributed by atoms with van der Waals surface area (Å²) in [7, 11) is 3.10. The number of carbonyl (C=O) groups is 1. The van der Waals surface area contributed by atoms with Crippen molar-refractivity contribution in [3.63, 3.8) is 0 Å². The Morgan fingerprint density at radius 2 is 1.92 bits per heavy atom. The number of ether oxygens (including phenoxy) is 2. The van der Waals surface area contributed by atoms with E-state index in [1.807, 2.05) is 0 Å². The van der Waals surface area contributed by atoms with Crippen molar-refractivity contribution in [1.82, 2.24) is 5.43 Å². The number of hydrogen-bond acceptors (Lipinski definition) is 4. The summed E-state index contributed by atoms with van der Waals surface area (Å²) in [6.07, 6.45) is 1.60. The molecule has 126 valence electrons. The Bertz CT molecular complexity index is 763. The maximum absolute atomic E-state index is 12.0. The van der Waals surface area contributed by atoms with Gasteiger partial charge >= 0.3 is 0 Å². The molecule has 0 aromatic heterocycles. The molecule has 2 rings (SSSR count). The number of amides is 1. The molecule has 0 heterocycles. The molecule has 0 bridgehead atoms. The average Bonchev–Trinajstić information content (AvgIpc) is 2.58. The van der Waals surface area contributed by atoms with Crippen LogP contribution in [0.25, 0.3) is 0 Å². The largest absolute Gasteiger partial charge is 0.493 e. The maximum Gasteiger partial charge on any atom is 0.244 e. The normalized spacial score (nSPS) is 10.7. The van der Waals surface area contributed by atoms with E-state index in [1.165, 1.54) is 6.21 Å². The van der Waals surface area contributed by atoms with Crippen LogP contribution in [0, 0.1) is 0 Å². The number of halogens is 2. The van der Waals surface area contributed by atoms with Gasteiger partial charge in [0.2, 0.25) is 5.91 Å². The van der Waals surface area contributed by atoms with E-state index in [2.05, 4.69) is 10.5 Å². The molecule has 0 aliphatic carbocycles. The molecule has 5 nitrogen and oxygen atoms in total. The molecule has 0 saturated heterocycles. The van der Waals surface area contributed by atoms with E-state index in [0.717, 1.165) is 5.56 Å². The molecule has 24 heavy (non-hydrogen) atoms. The van der Waals surface area contributed by atoms with Crippen molar-refractivity contribution in [3.8, 4) is 11.5 Å². The Morgan fingerprint density at radius 1 is 1.17 bits per heavy atom. The molecule has 0 aliphatic heterocycles. The van der Waals surface area contributed by atoms with Gasteiger partial charge in [0.25, 0.3) is 0 Å². The molecule has 0 atom stereocenters. The maximum atomic E-state index is 12.0. The van der Waals surface area contributed by atoms with Gasteiger partial charge in [-0.05, 0) is 23.8 Å². The predicted molar refractivity (Wildman–Crippen MR) is 95.4 cm³/mol. The van der Waals surface area contributed by atoms with E-state index in [-0.39, 0.29) is 12.3 Å². The summed E-state index contributed by atoms with van der Waals surface area (Å²) >= 11 is 12.0. The molecule has 0 fully saturated rings. The molecular formula is C17H16Cl2N2O3. The summed E-state index contributed by atoms with van der Waals surface area (Å²) in [5, 5.41) is 4.71. The van der Waals surface area contributed by atoms with Crippen molar-refractivity contribution in [2.75, 3.05) is 14.2 Å². The van der Waals surface area contributed by atoms with Crippen molar-refractivity contribution in [3.05, 3.63) is 57.6 Å². The number of hydrogen-bond donors (Lipinski definition) is 1. The van der Waals surface area contributed by atoms with Gasteiger partial charge in [-0.2, -0.15) is 5.10 Å². The molecule has 2 aromatic rings. The smallest absolute Gasteiger partial charge is 0.244 e. The van der Waals surface area contributed by atoms with E-state index >= 15 is 0 Å². The molecule has 0 spiro atoms. The highest BCUT2D eigenvalue weighted by molar-refractivity contribution is 6.43. The lowest BCUT2D eigenvalue weighted by Gasteiger charge is -2.09. The van der Waals surface area contributed by atoms with Crippen LogP contribution in [0.2, 0.25) is 10.0 Å². The van der Waals surface area contributed by atoms with E-state index in [9.17, 15) is 4.79 Å². The summed E-state index contributed by atoms with van der Waals surface area (Å²) in [4.78, 5) is 12.0. The summed E-state index contributed by atoms with van der Waals surface area (Å²) < 4.78 is 10.4. The lowest BCUT2D eigenvalue weighted by atomic mass is 10.1. The molecular weight excluding hydrogens is 351 g/mol. The Balaban J connectivity index is 1.98. The first-order chi connectivity index (χ1) is 11.5. The Labute approximate surface area is 150 Å². The lowest BCUT2D eigenvalue weighted by Crippen LogP contribution is -2.19. The minimum atomic E-state index is -0.267. The SMILES string of the molecule is COc1ccc(CC(=O)N/N=C\c2cccc(Cl)c2Cl)cc1OC. The van der Waals surface area contributed by atoms with E-state index < -0.39 is 0 Å². The highest BCUT2D eigenvalue weighted by Crippen LogP contribution is 2.27. The van der Waals surface area contributed by atoms with E-state index in [1.54, 1.807) is 50.6 Å². The number of methoxy groups -OCH3 is 2. The van der Waals surface area contributed by atoms with Gasteiger partial charge in [0.05, 0.1) is 36.9 Å². The van der Waals surface area contributed by atoms with Gasteiger partial charge < -0.3 is 9.47 Å². The highest BCUT2D eigenvalue weighted by atomic mass is 35.5. The molecule has 0 unspecified atom stereocenters. The minimum absolute atomic E-state index is 0.154. The Kier molecular flexibility index (Phi) is 6.46.